The Morgan fingerprint density at radius 2 is 2.04 bits per heavy atom. The minimum Gasteiger partial charge on any atom is -0.322 e. The van der Waals surface area contributed by atoms with E-state index in [1.165, 1.54) is 21.6 Å². The number of hydrogen-bond donors (Lipinski definition) is 1. The molecule has 10 heteroatoms. The molecule has 0 aliphatic rings. The summed E-state index contributed by atoms with van der Waals surface area (Å²) >= 11 is 6.06. The molecule has 1 amide bonds. The number of hydrogen-bond acceptors (Lipinski definition) is 3. The summed E-state index contributed by atoms with van der Waals surface area (Å²) in [7, 11) is 0. The number of alkyl halides is 3. The van der Waals surface area contributed by atoms with Crippen LogP contribution in [0.1, 0.15) is 22.5 Å². The van der Waals surface area contributed by atoms with E-state index >= 15 is 0 Å². The highest BCUT2D eigenvalue weighted by Crippen LogP contribution is 2.29. The van der Waals surface area contributed by atoms with Crippen molar-refractivity contribution in [2.24, 2.45) is 0 Å². The van der Waals surface area contributed by atoms with E-state index in [9.17, 15) is 18.0 Å². The number of nitrogens with one attached hydrogen (secondary N) is 1. The Hall–Kier alpha value is -2.81. The van der Waals surface area contributed by atoms with Gasteiger partial charge in [0.2, 0.25) is 5.91 Å². The van der Waals surface area contributed by atoms with Crippen molar-refractivity contribution in [3.8, 4) is 0 Å². The van der Waals surface area contributed by atoms with E-state index in [4.69, 9.17) is 11.6 Å². The monoisotopic (exact) mass is 411 g/mol. The maximum Gasteiger partial charge on any atom is 0.416 e. The number of benzene rings is 1. The molecule has 3 rings (SSSR count). The number of rotatable bonds is 5. The number of halogens is 4. The van der Waals surface area contributed by atoms with Gasteiger partial charge < -0.3 is 5.32 Å². The Labute approximate surface area is 163 Å². The average molecular weight is 412 g/mol. The van der Waals surface area contributed by atoms with Crippen LogP contribution >= 0.6 is 11.6 Å². The number of nitrogens with zero attached hydrogens (tertiary/aromatic N) is 4. The smallest absolute Gasteiger partial charge is 0.322 e. The largest absolute Gasteiger partial charge is 0.416 e. The predicted molar refractivity (Wildman–Crippen MR) is 98.1 cm³/mol. The lowest BCUT2D eigenvalue weighted by atomic mass is 10.1. The van der Waals surface area contributed by atoms with E-state index in [2.05, 4.69) is 15.5 Å². The Bertz CT molecular complexity index is 1010. The molecule has 0 aliphatic carbocycles. The number of carbonyl (C=O) groups excluding carboxylic acids is 1. The van der Waals surface area contributed by atoms with Crippen LogP contribution in [0.15, 0.2) is 36.7 Å². The van der Waals surface area contributed by atoms with Crippen molar-refractivity contribution in [2.45, 2.75) is 33.1 Å². The first-order valence-electron chi connectivity index (χ1n) is 8.31. The lowest BCUT2D eigenvalue weighted by molar-refractivity contribution is -0.137. The molecule has 3 aromatic rings. The standard InChI is InChI=1S/C18H17ClF3N5O/c1-11-17(19)12(2)27(25-11)10-16(28)24-15-7-23-26(9-15)8-13-4-3-5-14(6-13)18(20,21)22/h3-7,9H,8,10H2,1-2H3,(H,24,28). The first-order valence-corrected chi connectivity index (χ1v) is 8.69. The molecule has 0 bridgehead atoms. The van der Waals surface area contributed by atoms with Gasteiger partial charge in [-0.2, -0.15) is 23.4 Å². The molecule has 0 fully saturated rings. The average Bonchev–Trinajstić information content (AvgIpc) is 3.14. The van der Waals surface area contributed by atoms with Gasteiger partial charge in [0.05, 0.1) is 40.4 Å². The van der Waals surface area contributed by atoms with Gasteiger partial charge in [0.15, 0.2) is 0 Å². The van der Waals surface area contributed by atoms with Gasteiger partial charge in [-0.05, 0) is 31.5 Å². The van der Waals surface area contributed by atoms with Crippen LogP contribution in [0.3, 0.4) is 0 Å². The molecule has 0 radical (unpaired) electrons. The lowest BCUT2D eigenvalue weighted by Gasteiger charge is -2.08. The van der Waals surface area contributed by atoms with E-state index in [0.717, 1.165) is 12.1 Å². The van der Waals surface area contributed by atoms with E-state index in [1.807, 2.05) is 0 Å². The number of anilines is 1. The molecule has 2 aromatic heterocycles. The molecule has 1 N–H and O–H groups in total. The lowest BCUT2D eigenvalue weighted by Crippen LogP contribution is -2.20. The molecule has 28 heavy (non-hydrogen) atoms. The fourth-order valence-electron chi connectivity index (χ4n) is 2.71. The van der Waals surface area contributed by atoms with Crippen molar-refractivity contribution >= 4 is 23.2 Å². The zero-order valence-electron chi connectivity index (χ0n) is 15.1. The summed E-state index contributed by atoms with van der Waals surface area (Å²) in [5.74, 6) is -0.319. The van der Waals surface area contributed by atoms with Crippen molar-refractivity contribution < 1.29 is 18.0 Å². The Kier molecular flexibility index (Phi) is 5.46. The quantitative estimate of drug-likeness (QED) is 0.688. The van der Waals surface area contributed by atoms with Gasteiger partial charge in [0, 0.05) is 6.20 Å². The molecule has 148 valence electrons. The van der Waals surface area contributed by atoms with Crippen molar-refractivity contribution in [3.63, 3.8) is 0 Å². The maximum absolute atomic E-state index is 12.8. The van der Waals surface area contributed by atoms with Crippen LogP contribution in [0.2, 0.25) is 5.02 Å². The first-order chi connectivity index (χ1) is 13.1. The molecular formula is C18H17ClF3N5O. The van der Waals surface area contributed by atoms with Crippen LogP contribution in [-0.4, -0.2) is 25.5 Å². The Morgan fingerprint density at radius 1 is 1.29 bits per heavy atom. The number of aryl methyl sites for hydroxylation is 1. The van der Waals surface area contributed by atoms with Crippen LogP contribution in [0.4, 0.5) is 18.9 Å². The third-order valence-corrected chi connectivity index (χ3v) is 4.65. The van der Waals surface area contributed by atoms with Gasteiger partial charge in [-0.1, -0.05) is 23.7 Å². The van der Waals surface area contributed by atoms with Crippen molar-refractivity contribution in [1.82, 2.24) is 19.6 Å². The van der Waals surface area contributed by atoms with Crippen molar-refractivity contribution in [2.75, 3.05) is 5.32 Å². The minimum atomic E-state index is -4.40. The SMILES string of the molecule is Cc1nn(CC(=O)Nc2cnn(Cc3cccc(C(F)(F)F)c3)c2)c(C)c1Cl. The van der Waals surface area contributed by atoms with E-state index in [1.54, 1.807) is 26.1 Å². The van der Waals surface area contributed by atoms with E-state index < -0.39 is 11.7 Å². The zero-order valence-corrected chi connectivity index (χ0v) is 15.8. The van der Waals surface area contributed by atoms with Crippen molar-refractivity contribution in [1.29, 1.82) is 0 Å². The topological polar surface area (TPSA) is 64.7 Å². The highest BCUT2D eigenvalue weighted by Gasteiger charge is 2.30. The molecule has 6 nitrogen and oxygen atoms in total. The van der Waals surface area contributed by atoms with Gasteiger partial charge in [-0.3, -0.25) is 14.2 Å². The van der Waals surface area contributed by atoms with Crippen LogP contribution in [0.5, 0.6) is 0 Å². The third-order valence-electron chi connectivity index (χ3n) is 4.10. The van der Waals surface area contributed by atoms with Crippen LogP contribution < -0.4 is 5.32 Å². The van der Waals surface area contributed by atoms with Crippen LogP contribution in [0, 0.1) is 13.8 Å². The molecular weight excluding hydrogens is 395 g/mol. The summed E-state index contributed by atoms with van der Waals surface area (Å²) in [6, 6.07) is 5.03. The van der Waals surface area contributed by atoms with Crippen molar-refractivity contribution in [3.05, 3.63) is 64.2 Å². The summed E-state index contributed by atoms with van der Waals surface area (Å²) in [4.78, 5) is 12.2. The van der Waals surface area contributed by atoms with E-state index in [-0.39, 0.29) is 19.0 Å². The summed E-state index contributed by atoms with van der Waals surface area (Å²) in [6.45, 7) is 3.65. The van der Waals surface area contributed by atoms with Crippen LogP contribution in [0.25, 0.3) is 0 Å². The van der Waals surface area contributed by atoms with Gasteiger partial charge in [-0.15, -0.1) is 0 Å². The molecule has 0 spiro atoms. The first kappa shape index (κ1) is 19.9. The molecule has 0 saturated heterocycles. The number of aromatic nitrogens is 4. The van der Waals surface area contributed by atoms with Gasteiger partial charge in [0.1, 0.15) is 6.54 Å². The second kappa shape index (κ2) is 7.67. The molecule has 0 unspecified atom stereocenters. The Balaban J connectivity index is 1.64. The molecule has 0 atom stereocenters. The highest BCUT2D eigenvalue weighted by molar-refractivity contribution is 6.31. The fourth-order valence-corrected chi connectivity index (χ4v) is 2.85. The van der Waals surface area contributed by atoms with Gasteiger partial charge >= 0.3 is 6.18 Å². The third kappa shape index (κ3) is 4.53. The van der Waals surface area contributed by atoms with Gasteiger partial charge in [0.25, 0.3) is 0 Å². The maximum atomic E-state index is 12.8. The van der Waals surface area contributed by atoms with Gasteiger partial charge in [-0.25, -0.2) is 0 Å². The summed E-state index contributed by atoms with van der Waals surface area (Å²) in [6.07, 6.45) is -1.42. The van der Waals surface area contributed by atoms with E-state index in [0.29, 0.717) is 27.7 Å². The molecule has 0 aliphatic heterocycles. The normalized spacial score (nSPS) is 11.6. The minimum absolute atomic E-state index is 0.0157. The second-order valence-corrected chi connectivity index (χ2v) is 6.69. The summed E-state index contributed by atoms with van der Waals surface area (Å²) in [5, 5.41) is 11.5. The molecule has 1 aromatic carbocycles. The highest BCUT2D eigenvalue weighted by atomic mass is 35.5. The van der Waals surface area contributed by atoms with Crippen LogP contribution in [-0.2, 0) is 24.1 Å². The summed E-state index contributed by atoms with van der Waals surface area (Å²) < 4.78 is 41.4. The Morgan fingerprint density at radius 3 is 2.68 bits per heavy atom. The fraction of sp³-hybridized carbons (Fsp3) is 0.278. The zero-order chi connectivity index (χ0) is 20.5. The predicted octanol–water partition coefficient (Wildman–Crippen LogP) is 4.06. The second-order valence-electron chi connectivity index (χ2n) is 6.32. The molecule has 2 heterocycles. The number of amides is 1. The summed E-state index contributed by atoms with van der Waals surface area (Å²) in [5.41, 5.74) is 1.50. The number of carbonyl (C=O) groups is 1. The molecule has 0 saturated carbocycles.